The van der Waals surface area contributed by atoms with Gasteiger partial charge in [-0.05, 0) is 13.3 Å². The molecule has 2 heterocycles. The lowest BCUT2D eigenvalue weighted by Gasteiger charge is -2.27. The lowest BCUT2D eigenvalue weighted by atomic mass is 10.4. The summed E-state index contributed by atoms with van der Waals surface area (Å²) < 4.78 is 5.35. The molecule has 0 spiro atoms. The molecule has 20 heavy (non-hydrogen) atoms. The second-order valence-corrected chi connectivity index (χ2v) is 5.36. The first-order valence-electron chi connectivity index (χ1n) is 6.89. The quantitative estimate of drug-likeness (QED) is 0.560. The maximum Gasteiger partial charge on any atom is 0.231 e. The predicted octanol–water partition coefficient (Wildman–Crippen LogP) is 0.614. The number of aliphatic hydroxyl groups is 1. The molecule has 0 atom stereocenters. The average Bonchev–Trinajstić information content (AvgIpc) is 2.49. The molecule has 0 amide bonds. The van der Waals surface area contributed by atoms with Gasteiger partial charge < -0.3 is 20.1 Å². The van der Waals surface area contributed by atoms with E-state index in [0.717, 1.165) is 31.8 Å². The minimum absolute atomic E-state index is 0.189. The van der Waals surface area contributed by atoms with E-state index in [9.17, 15) is 0 Å². The molecule has 0 saturated carbocycles. The van der Waals surface area contributed by atoms with Crippen LogP contribution < -0.4 is 10.2 Å². The molecule has 1 aliphatic heterocycles. The number of anilines is 2. The molecule has 0 unspecified atom stereocenters. The molecule has 0 bridgehead atoms. The minimum atomic E-state index is 0.189. The minimum Gasteiger partial charge on any atom is -0.396 e. The van der Waals surface area contributed by atoms with E-state index < -0.39 is 0 Å². The van der Waals surface area contributed by atoms with Crippen LogP contribution in [0.2, 0.25) is 0 Å². The molecular formula is C12H21N5O2S. The number of aliphatic hydroxyl groups excluding tert-OH is 1. The largest absolute Gasteiger partial charge is 0.396 e. The van der Waals surface area contributed by atoms with Crippen molar-refractivity contribution in [3.05, 3.63) is 0 Å². The lowest BCUT2D eigenvalue weighted by molar-refractivity contribution is 0.122. The average molecular weight is 299 g/mol. The summed E-state index contributed by atoms with van der Waals surface area (Å²) in [6, 6.07) is 0. The number of nitrogens with zero attached hydrogens (tertiary/aromatic N) is 4. The fraction of sp³-hybridized carbons (Fsp3) is 0.750. The molecule has 0 radical (unpaired) electrons. The van der Waals surface area contributed by atoms with E-state index in [1.54, 1.807) is 11.8 Å². The highest BCUT2D eigenvalue weighted by atomic mass is 32.2. The molecule has 1 fully saturated rings. The Bertz CT molecular complexity index is 415. The summed E-state index contributed by atoms with van der Waals surface area (Å²) in [5, 5.41) is 12.7. The number of nitrogens with one attached hydrogen (secondary N) is 1. The Hall–Kier alpha value is -1.12. The first-order valence-corrected chi connectivity index (χ1v) is 7.88. The zero-order valence-electron chi connectivity index (χ0n) is 11.7. The first kappa shape index (κ1) is 15.3. The van der Waals surface area contributed by atoms with Gasteiger partial charge in [0.25, 0.3) is 0 Å². The summed E-state index contributed by atoms with van der Waals surface area (Å²) in [6.45, 7) is 5.98. The van der Waals surface area contributed by atoms with Gasteiger partial charge in [-0.15, -0.1) is 0 Å². The third kappa shape index (κ3) is 4.46. The third-order valence-electron chi connectivity index (χ3n) is 2.77. The normalized spacial score (nSPS) is 15.4. The van der Waals surface area contributed by atoms with Crippen LogP contribution in [0, 0.1) is 0 Å². The van der Waals surface area contributed by atoms with Crippen LogP contribution in [0.25, 0.3) is 0 Å². The van der Waals surface area contributed by atoms with Crippen molar-refractivity contribution in [1.29, 1.82) is 0 Å². The van der Waals surface area contributed by atoms with Crippen molar-refractivity contribution in [3.63, 3.8) is 0 Å². The van der Waals surface area contributed by atoms with Crippen LogP contribution in [0.3, 0.4) is 0 Å². The monoisotopic (exact) mass is 299 g/mol. The fourth-order valence-electron chi connectivity index (χ4n) is 1.78. The van der Waals surface area contributed by atoms with Crippen LogP contribution >= 0.6 is 11.8 Å². The van der Waals surface area contributed by atoms with Crippen LogP contribution in [-0.2, 0) is 4.74 Å². The Morgan fingerprint density at radius 2 is 2.10 bits per heavy atom. The van der Waals surface area contributed by atoms with Crippen molar-refractivity contribution in [2.45, 2.75) is 18.5 Å². The lowest BCUT2D eigenvalue weighted by Crippen LogP contribution is -2.37. The molecule has 112 valence electrons. The topological polar surface area (TPSA) is 83.4 Å². The van der Waals surface area contributed by atoms with Gasteiger partial charge in [-0.2, -0.15) is 15.0 Å². The Kier molecular flexibility index (Phi) is 6.28. The summed E-state index contributed by atoms with van der Waals surface area (Å²) >= 11 is 1.54. The number of thioether (sulfide) groups is 1. The molecule has 1 aromatic rings. The smallest absolute Gasteiger partial charge is 0.231 e. The van der Waals surface area contributed by atoms with Gasteiger partial charge in [0.1, 0.15) is 0 Å². The van der Waals surface area contributed by atoms with Gasteiger partial charge in [0.05, 0.1) is 13.2 Å². The van der Waals surface area contributed by atoms with Crippen LogP contribution in [-0.4, -0.2) is 65.3 Å². The van der Waals surface area contributed by atoms with Crippen molar-refractivity contribution in [2.75, 3.05) is 55.4 Å². The van der Waals surface area contributed by atoms with Gasteiger partial charge in [-0.3, -0.25) is 0 Å². The number of morpholine rings is 1. The molecule has 8 heteroatoms. The summed E-state index contributed by atoms with van der Waals surface area (Å²) in [5.74, 6) is 2.11. The molecule has 2 rings (SSSR count). The first-order chi connectivity index (χ1) is 9.83. The van der Waals surface area contributed by atoms with Gasteiger partial charge in [-0.1, -0.05) is 11.8 Å². The molecule has 0 aromatic carbocycles. The zero-order valence-corrected chi connectivity index (χ0v) is 12.5. The van der Waals surface area contributed by atoms with Crippen molar-refractivity contribution in [2.24, 2.45) is 0 Å². The van der Waals surface area contributed by atoms with E-state index in [1.807, 2.05) is 6.92 Å². The van der Waals surface area contributed by atoms with E-state index in [2.05, 4.69) is 25.2 Å². The summed E-state index contributed by atoms with van der Waals surface area (Å²) in [6.07, 6.45) is 0.736. The second kappa shape index (κ2) is 8.23. The summed E-state index contributed by atoms with van der Waals surface area (Å²) in [7, 11) is 0. The van der Waals surface area contributed by atoms with E-state index in [1.165, 1.54) is 0 Å². The molecule has 2 N–H and O–H groups in total. The van der Waals surface area contributed by atoms with Crippen LogP contribution in [0.1, 0.15) is 13.3 Å². The Morgan fingerprint density at radius 1 is 1.30 bits per heavy atom. The van der Waals surface area contributed by atoms with Gasteiger partial charge >= 0.3 is 0 Å². The maximum atomic E-state index is 8.84. The predicted molar refractivity (Wildman–Crippen MR) is 79.4 cm³/mol. The van der Waals surface area contributed by atoms with E-state index in [-0.39, 0.29) is 6.61 Å². The number of ether oxygens (including phenoxy) is 1. The maximum absolute atomic E-state index is 8.84. The number of hydrogen-bond acceptors (Lipinski definition) is 8. The number of rotatable bonds is 7. The van der Waals surface area contributed by atoms with Crippen molar-refractivity contribution < 1.29 is 9.84 Å². The highest BCUT2D eigenvalue weighted by Gasteiger charge is 2.16. The van der Waals surface area contributed by atoms with Gasteiger partial charge in [-0.25, -0.2) is 0 Å². The molecule has 1 saturated heterocycles. The van der Waals surface area contributed by atoms with Gasteiger partial charge in [0.15, 0.2) is 5.16 Å². The van der Waals surface area contributed by atoms with E-state index in [4.69, 9.17) is 9.84 Å². The summed E-state index contributed by atoms with van der Waals surface area (Å²) in [4.78, 5) is 15.4. The van der Waals surface area contributed by atoms with Crippen molar-refractivity contribution >= 4 is 23.7 Å². The zero-order chi connectivity index (χ0) is 14.2. The standard InChI is InChI=1S/C12H21N5O2S/c1-2-13-10-14-11(17-4-7-19-8-5-17)16-12(15-10)20-9-3-6-18/h18H,2-9H2,1H3,(H,13,14,15,16). The number of aromatic nitrogens is 3. The van der Waals surface area contributed by atoms with Crippen molar-refractivity contribution in [3.8, 4) is 0 Å². The Labute approximate surface area is 123 Å². The van der Waals surface area contributed by atoms with Crippen LogP contribution in [0.15, 0.2) is 5.16 Å². The third-order valence-corrected chi connectivity index (χ3v) is 3.70. The molecule has 1 aliphatic rings. The molecule has 7 nitrogen and oxygen atoms in total. The van der Waals surface area contributed by atoms with Crippen LogP contribution in [0.5, 0.6) is 0 Å². The van der Waals surface area contributed by atoms with Gasteiger partial charge in [0, 0.05) is 32.0 Å². The summed E-state index contributed by atoms with van der Waals surface area (Å²) in [5.41, 5.74) is 0. The van der Waals surface area contributed by atoms with Gasteiger partial charge in [0.2, 0.25) is 11.9 Å². The molecular weight excluding hydrogens is 278 g/mol. The van der Waals surface area contributed by atoms with E-state index in [0.29, 0.717) is 30.3 Å². The fourth-order valence-corrected chi connectivity index (χ4v) is 2.53. The SMILES string of the molecule is CCNc1nc(SCCCO)nc(N2CCOCC2)n1. The Balaban J connectivity index is 2.11. The van der Waals surface area contributed by atoms with E-state index >= 15 is 0 Å². The molecule has 1 aromatic heterocycles. The van der Waals surface area contributed by atoms with Crippen LogP contribution in [0.4, 0.5) is 11.9 Å². The number of hydrogen-bond donors (Lipinski definition) is 2. The molecule has 0 aliphatic carbocycles. The Morgan fingerprint density at radius 3 is 2.80 bits per heavy atom. The highest BCUT2D eigenvalue weighted by molar-refractivity contribution is 7.99. The highest BCUT2D eigenvalue weighted by Crippen LogP contribution is 2.19. The second-order valence-electron chi connectivity index (χ2n) is 4.30. The van der Waals surface area contributed by atoms with Crippen molar-refractivity contribution in [1.82, 2.24) is 15.0 Å².